The number of aliphatic imine (C=N–C) groups is 1. The summed E-state index contributed by atoms with van der Waals surface area (Å²) in [5.41, 5.74) is 0. The van der Waals surface area contributed by atoms with Gasteiger partial charge in [-0.15, -0.1) is 13.2 Å². The van der Waals surface area contributed by atoms with Crippen molar-refractivity contribution in [2.75, 3.05) is 13.2 Å². The Kier molecular flexibility index (Phi) is 1.80. The van der Waals surface area contributed by atoms with Crippen molar-refractivity contribution in [3.8, 4) is 0 Å². The Morgan fingerprint density at radius 3 is 2.60 bits per heavy atom. The molecule has 0 bridgehead atoms. The molecule has 6 heteroatoms. The van der Waals surface area contributed by atoms with Gasteiger partial charge in [-0.3, -0.25) is 5.32 Å². The lowest BCUT2D eigenvalue weighted by molar-refractivity contribution is -0.283. The van der Waals surface area contributed by atoms with E-state index in [4.69, 9.17) is 0 Å². The van der Waals surface area contributed by atoms with E-state index in [0.717, 1.165) is 0 Å². The predicted octanol–water partition coefficient (Wildman–Crippen LogP) is 0.482. The minimum absolute atomic E-state index is 0.0551. The van der Waals surface area contributed by atoms with Crippen molar-refractivity contribution in [2.45, 2.75) is 6.36 Å². The summed E-state index contributed by atoms with van der Waals surface area (Å²) < 4.78 is 37.6. The van der Waals surface area contributed by atoms with Crippen LogP contribution in [0.3, 0.4) is 0 Å². The van der Waals surface area contributed by atoms with Crippen LogP contribution in [0.1, 0.15) is 0 Å². The first-order valence-electron chi connectivity index (χ1n) is 2.58. The van der Waals surface area contributed by atoms with Gasteiger partial charge >= 0.3 is 6.36 Å². The van der Waals surface area contributed by atoms with Gasteiger partial charge in [0.25, 0.3) is 0 Å². The van der Waals surface area contributed by atoms with Gasteiger partial charge in [-0.25, -0.2) is 4.99 Å². The molecular formula is C4H5F3N2O. The number of hydrogen-bond donors (Lipinski definition) is 1. The first-order valence-corrected chi connectivity index (χ1v) is 2.58. The van der Waals surface area contributed by atoms with Gasteiger partial charge < -0.3 is 4.74 Å². The van der Waals surface area contributed by atoms with Crippen molar-refractivity contribution >= 4 is 5.90 Å². The van der Waals surface area contributed by atoms with E-state index >= 15 is 0 Å². The monoisotopic (exact) mass is 154 g/mol. The van der Waals surface area contributed by atoms with Crippen LogP contribution in [0.5, 0.6) is 0 Å². The maximum Gasteiger partial charge on any atom is 0.574 e. The van der Waals surface area contributed by atoms with Gasteiger partial charge in [-0.1, -0.05) is 0 Å². The molecule has 10 heavy (non-hydrogen) atoms. The lowest BCUT2D eigenvalue weighted by atomic mass is 10.7. The number of halogens is 3. The molecule has 1 heterocycles. The second-order valence-corrected chi connectivity index (χ2v) is 1.68. The number of nitrogens with zero attached hydrogens (tertiary/aromatic N) is 1. The van der Waals surface area contributed by atoms with Gasteiger partial charge in [-0.05, 0) is 0 Å². The van der Waals surface area contributed by atoms with E-state index in [1.54, 1.807) is 0 Å². The third-order valence-corrected chi connectivity index (χ3v) is 0.877. The zero-order valence-corrected chi connectivity index (χ0v) is 4.90. The highest BCUT2D eigenvalue weighted by Gasteiger charge is 2.33. The van der Waals surface area contributed by atoms with Crippen molar-refractivity contribution in [3.05, 3.63) is 0 Å². The summed E-state index contributed by atoms with van der Waals surface area (Å²) in [6.45, 7) is 0.255. The van der Waals surface area contributed by atoms with Gasteiger partial charge in [0, 0.05) is 0 Å². The van der Waals surface area contributed by atoms with E-state index in [1.807, 2.05) is 0 Å². The van der Waals surface area contributed by atoms with Crippen LogP contribution in [0.25, 0.3) is 0 Å². The van der Waals surface area contributed by atoms with E-state index in [0.29, 0.717) is 0 Å². The van der Waals surface area contributed by atoms with Crippen LogP contribution in [0.4, 0.5) is 13.2 Å². The van der Waals surface area contributed by atoms with Crippen LogP contribution < -0.4 is 5.32 Å². The first kappa shape index (κ1) is 7.33. The third-order valence-electron chi connectivity index (χ3n) is 0.877. The first-order chi connectivity index (χ1) is 4.58. The second-order valence-electron chi connectivity index (χ2n) is 1.68. The van der Waals surface area contributed by atoms with Crippen molar-refractivity contribution in [2.24, 2.45) is 4.99 Å². The van der Waals surface area contributed by atoms with E-state index < -0.39 is 6.36 Å². The molecule has 1 aliphatic heterocycles. The average Bonchev–Trinajstić information content (AvgIpc) is 2.12. The summed E-state index contributed by atoms with van der Waals surface area (Å²) in [5, 5.41) is 2.57. The molecule has 0 fully saturated rings. The van der Waals surface area contributed by atoms with E-state index in [1.165, 1.54) is 0 Å². The molecule has 0 aromatic heterocycles. The molecule has 1 N–H and O–H groups in total. The molecule has 0 saturated heterocycles. The molecule has 58 valence electrons. The molecule has 0 amide bonds. The van der Waals surface area contributed by atoms with Crippen LogP contribution in [-0.2, 0) is 4.74 Å². The smallest absolute Gasteiger partial charge is 0.391 e. The fraction of sp³-hybridized carbons (Fsp3) is 0.750. The summed E-state index contributed by atoms with van der Waals surface area (Å²) in [5.74, 6) is -0.299. The molecule has 0 unspecified atom stereocenters. The maximum absolute atomic E-state index is 11.4. The lowest BCUT2D eigenvalue weighted by Crippen LogP contribution is -2.23. The van der Waals surface area contributed by atoms with Crippen LogP contribution in [0.2, 0.25) is 0 Å². The Hall–Kier alpha value is -0.780. The zero-order chi connectivity index (χ0) is 7.61. The zero-order valence-electron chi connectivity index (χ0n) is 4.90. The highest BCUT2D eigenvalue weighted by Crippen LogP contribution is 2.16. The van der Waals surface area contributed by atoms with Crippen LogP contribution in [0, 0.1) is 0 Å². The highest BCUT2D eigenvalue weighted by atomic mass is 19.4. The lowest BCUT2D eigenvalue weighted by Gasteiger charge is -2.06. The fourth-order valence-electron chi connectivity index (χ4n) is 0.565. The van der Waals surface area contributed by atoms with Gasteiger partial charge in [0.2, 0.25) is 5.90 Å². The Bertz CT molecular complexity index is 153. The third kappa shape index (κ3) is 2.22. The summed E-state index contributed by atoms with van der Waals surface area (Å²) in [7, 11) is 0. The van der Waals surface area contributed by atoms with Crippen LogP contribution >= 0.6 is 0 Å². The molecular weight excluding hydrogens is 149 g/mol. The summed E-state index contributed by atoms with van der Waals surface area (Å²) >= 11 is 0. The topological polar surface area (TPSA) is 33.6 Å². The summed E-state index contributed by atoms with van der Waals surface area (Å²) in [6.07, 6.45) is -4.61. The normalized spacial score (nSPS) is 18.9. The van der Waals surface area contributed by atoms with Crippen molar-refractivity contribution < 1.29 is 17.9 Å². The Morgan fingerprint density at radius 2 is 2.20 bits per heavy atom. The minimum Gasteiger partial charge on any atom is -0.391 e. The number of rotatable bonds is 0. The summed E-state index contributed by atoms with van der Waals surface area (Å²) in [4.78, 5) is 3.38. The number of nitrogens with one attached hydrogen (secondary N) is 1. The average molecular weight is 154 g/mol. The van der Waals surface area contributed by atoms with E-state index in [9.17, 15) is 13.2 Å². The molecule has 0 aromatic rings. The Morgan fingerprint density at radius 1 is 1.50 bits per heavy atom. The van der Waals surface area contributed by atoms with Gasteiger partial charge in [0.05, 0.1) is 13.2 Å². The fourth-order valence-corrected chi connectivity index (χ4v) is 0.565. The second kappa shape index (κ2) is 2.45. The molecule has 1 rings (SSSR count). The Balaban J connectivity index is 2.38. The molecule has 0 saturated carbocycles. The molecule has 0 aliphatic carbocycles. The SMILES string of the molecule is FC(F)(F)OC1=NCNC1. The van der Waals surface area contributed by atoms with Crippen LogP contribution in [-0.4, -0.2) is 25.5 Å². The quantitative estimate of drug-likeness (QED) is 0.550. The highest BCUT2D eigenvalue weighted by molar-refractivity contribution is 5.79. The molecule has 0 aromatic carbocycles. The van der Waals surface area contributed by atoms with E-state index in [-0.39, 0.29) is 19.1 Å². The van der Waals surface area contributed by atoms with Crippen molar-refractivity contribution in [1.29, 1.82) is 0 Å². The van der Waals surface area contributed by atoms with Gasteiger partial charge in [0.1, 0.15) is 0 Å². The number of hydrogen-bond acceptors (Lipinski definition) is 3. The van der Waals surface area contributed by atoms with Crippen molar-refractivity contribution in [3.63, 3.8) is 0 Å². The van der Waals surface area contributed by atoms with Gasteiger partial charge in [-0.2, -0.15) is 0 Å². The van der Waals surface area contributed by atoms with Gasteiger partial charge in [0.15, 0.2) is 0 Å². The number of ether oxygens (including phenoxy) is 1. The molecule has 0 atom stereocenters. The number of alkyl halides is 3. The largest absolute Gasteiger partial charge is 0.574 e. The minimum atomic E-state index is -4.61. The van der Waals surface area contributed by atoms with Crippen molar-refractivity contribution in [1.82, 2.24) is 5.32 Å². The summed E-state index contributed by atoms with van der Waals surface area (Å²) in [6, 6.07) is 0. The van der Waals surface area contributed by atoms with Crippen LogP contribution in [0.15, 0.2) is 4.99 Å². The molecule has 1 aliphatic rings. The maximum atomic E-state index is 11.4. The molecule has 0 radical (unpaired) electrons. The molecule has 0 spiro atoms. The molecule has 3 nitrogen and oxygen atoms in total. The Labute approximate surface area is 54.9 Å². The van der Waals surface area contributed by atoms with E-state index in [2.05, 4.69) is 15.0 Å². The standard InChI is InChI=1S/C4H5F3N2O/c5-4(6,7)10-3-1-8-2-9-3/h8H,1-2H2. The predicted molar refractivity (Wildman–Crippen MR) is 27.4 cm³/mol.